The van der Waals surface area contributed by atoms with Gasteiger partial charge in [0.2, 0.25) is 11.9 Å². The molecule has 0 aromatic carbocycles. The van der Waals surface area contributed by atoms with Gasteiger partial charge in [0.15, 0.2) is 5.65 Å². The fourth-order valence-electron chi connectivity index (χ4n) is 1.84. The Morgan fingerprint density at radius 3 is 2.82 bits per heavy atom. The molecule has 0 unspecified atom stereocenters. The van der Waals surface area contributed by atoms with Crippen molar-refractivity contribution in [2.24, 2.45) is 0 Å². The number of nitrogens with zero attached hydrogens (tertiary/aromatic N) is 4. The van der Waals surface area contributed by atoms with Crippen molar-refractivity contribution in [2.75, 3.05) is 12.8 Å². The van der Waals surface area contributed by atoms with E-state index < -0.39 is 0 Å². The molecule has 2 aromatic heterocycles. The number of fused-ring (bicyclic) bond motifs is 1. The number of carbonyl (C=O) groups is 1. The van der Waals surface area contributed by atoms with E-state index in [1.165, 1.54) is 0 Å². The molecule has 7 nitrogen and oxygen atoms in total. The van der Waals surface area contributed by atoms with E-state index in [0.717, 1.165) is 16.9 Å². The fraction of sp³-hybridized carbons (Fsp3) is 0.500. The van der Waals surface area contributed by atoms with Crippen LogP contribution in [-0.2, 0) is 17.9 Å². The normalized spacial score (nSPS) is 11.0. The van der Waals surface area contributed by atoms with E-state index in [9.17, 15) is 4.79 Å². The van der Waals surface area contributed by atoms with E-state index in [4.69, 9.17) is 5.73 Å². The van der Waals surface area contributed by atoms with Crippen LogP contribution < -0.4 is 11.1 Å². The second kappa shape index (κ2) is 4.08. The maximum absolute atomic E-state index is 11.4. The van der Waals surface area contributed by atoms with Crippen LogP contribution in [-0.4, -0.2) is 32.3 Å². The maximum Gasteiger partial charge on any atom is 0.239 e. The summed E-state index contributed by atoms with van der Waals surface area (Å²) in [5.41, 5.74) is 8.20. The first-order chi connectivity index (χ1) is 8.08. The molecule has 0 radical (unpaired) electrons. The Balaban J connectivity index is 2.60. The summed E-state index contributed by atoms with van der Waals surface area (Å²) in [7, 11) is 1.59. The highest BCUT2D eigenvalue weighted by molar-refractivity contribution is 5.82. The largest absolute Gasteiger partial charge is 0.369 e. The average Bonchev–Trinajstić information content (AvgIpc) is 2.78. The summed E-state index contributed by atoms with van der Waals surface area (Å²) < 4.78 is 3.48. The number of likely N-dealkylation sites (N-methyl/N-ethyl adjacent to an activating group) is 1. The van der Waals surface area contributed by atoms with Gasteiger partial charge in [-0.25, -0.2) is 9.67 Å². The van der Waals surface area contributed by atoms with Gasteiger partial charge in [-0.1, -0.05) is 0 Å². The fourth-order valence-corrected chi connectivity index (χ4v) is 1.84. The van der Waals surface area contributed by atoms with Crippen LogP contribution in [0.2, 0.25) is 0 Å². The van der Waals surface area contributed by atoms with Crippen LogP contribution in [0.15, 0.2) is 0 Å². The van der Waals surface area contributed by atoms with Crippen molar-refractivity contribution in [1.29, 1.82) is 0 Å². The molecule has 92 valence electrons. The van der Waals surface area contributed by atoms with Crippen molar-refractivity contribution >= 4 is 23.0 Å². The molecule has 7 heteroatoms. The highest BCUT2D eigenvalue weighted by Gasteiger charge is 2.17. The van der Waals surface area contributed by atoms with Gasteiger partial charge in [-0.05, 0) is 13.8 Å². The van der Waals surface area contributed by atoms with Crippen LogP contribution in [0.4, 0.5) is 5.95 Å². The van der Waals surface area contributed by atoms with Crippen molar-refractivity contribution in [1.82, 2.24) is 24.6 Å². The zero-order valence-electron chi connectivity index (χ0n) is 10.2. The number of hydrogen-bond donors (Lipinski definition) is 2. The Morgan fingerprint density at radius 1 is 1.53 bits per heavy atom. The Hall–Kier alpha value is -2.05. The third-order valence-corrected chi connectivity index (χ3v) is 2.71. The lowest BCUT2D eigenvalue weighted by Gasteiger charge is -2.06. The molecule has 0 saturated carbocycles. The molecule has 17 heavy (non-hydrogen) atoms. The SMILES string of the molecule is CCn1nc(C)c2nc(N)n(CC(=O)NC)c21. The average molecular weight is 236 g/mol. The maximum atomic E-state index is 11.4. The predicted molar refractivity (Wildman–Crippen MR) is 64.4 cm³/mol. The molecule has 2 rings (SSSR count). The summed E-state index contributed by atoms with van der Waals surface area (Å²) in [5, 5.41) is 6.92. The van der Waals surface area contributed by atoms with Gasteiger partial charge in [0, 0.05) is 13.6 Å². The van der Waals surface area contributed by atoms with E-state index in [-0.39, 0.29) is 12.5 Å². The number of aromatic nitrogens is 4. The van der Waals surface area contributed by atoms with Gasteiger partial charge in [0.05, 0.1) is 5.69 Å². The molecule has 0 aliphatic heterocycles. The number of carbonyl (C=O) groups excluding carboxylic acids is 1. The van der Waals surface area contributed by atoms with Gasteiger partial charge >= 0.3 is 0 Å². The van der Waals surface area contributed by atoms with E-state index in [1.54, 1.807) is 16.3 Å². The zero-order chi connectivity index (χ0) is 12.6. The molecular weight excluding hydrogens is 220 g/mol. The Bertz CT molecular complexity index is 567. The van der Waals surface area contributed by atoms with E-state index in [1.807, 2.05) is 13.8 Å². The van der Waals surface area contributed by atoms with Crippen LogP contribution in [0.5, 0.6) is 0 Å². The Morgan fingerprint density at radius 2 is 2.24 bits per heavy atom. The molecule has 0 saturated heterocycles. The van der Waals surface area contributed by atoms with Crippen LogP contribution in [0.25, 0.3) is 11.2 Å². The first-order valence-corrected chi connectivity index (χ1v) is 5.48. The highest BCUT2D eigenvalue weighted by atomic mass is 16.1. The van der Waals surface area contributed by atoms with Crippen LogP contribution in [0.1, 0.15) is 12.6 Å². The molecule has 0 spiro atoms. The molecule has 2 aromatic rings. The second-order valence-corrected chi connectivity index (χ2v) is 3.80. The van der Waals surface area contributed by atoms with Gasteiger partial charge < -0.3 is 11.1 Å². The molecule has 0 fully saturated rings. The minimum atomic E-state index is -0.113. The Kier molecular flexibility index (Phi) is 2.74. The molecule has 1 amide bonds. The van der Waals surface area contributed by atoms with Crippen LogP contribution in [0.3, 0.4) is 0 Å². The zero-order valence-corrected chi connectivity index (χ0v) is 10.2. The number of anilines is 1. The summed E-state index contributed by atoms with van der Waals surface area (Å²) in [6, 6.07) is 0. The van der Waals surface area contributed by atoms with Crippen molar-refractivity contribution in [3.05, 3.63) is 5.69 Å². The summed E-state index contributed by atoms with van der Waals surface area (Å²) in [6.45, 7) is 4.73. The summed E-state index contributed by atoms with van der Waals surface area (Å²) >= 11 is 0. The van der Waals surface area contributed by atoms with Crippen molar-refractivity contribution in [2.45, 2.75) is 26.9 Å². The number of aryl methyl sites for hydroxylation is 2. The number of rotatable bonds is 3. The molecular formula is C10H16N6O. The lowest BCUT2D eigenvalue weighted by atomic mass is 10.4. The number of nitrogen functional groups attached to an aromatic ring is 1. The lowest BCUT2D eigenvalue weighted by molar-refractivity contribution is -0.121. The number of nitrogens with one attached hydrogen (secondary N) is 1. The molecule has 0 atom stereocenters. The predicted octanol–water partition coefficient (Wildman–Crippen LogP) is -0.111. The Labute approximate surface area is 98.6 Å². The van der Waals surface area contributed by atoms with E-state index in [0.29, 0.717) is 12.5 Å². The number of imidazole rings is 1. The van der Waals surface area contributed by atoms with Gasteiger partial charge in [-0.15, -0.1) is 0 Å². The third kappa shape index (κ3) is 1.73. The standard InChI is InChI=1S/C10H16N6O/c1-4-16-9-8(6(2)14-16)13-10(11)15(9)5-7(17)12-3/h4-5H2,1-3H3,(H2,11,13)(H,12,17). The van der Waals surface area contributed by atoms with Crippen molar-refractivity contribution < 1.29 is 4.79 Å². The molecule has 3 N–H and O–H groups in total. The summed E-state index contributed by atoms with van der Waals surface area (Å²) in [5.74, 6) is 0.226. The lowest BCUT2D eigenvalue weighted by Crippen LogP contribution is -2.24. The summed E-state index contributed by atoms with van der Waals surface area (Å²) in [4.78, 5) is 15.7. The second-order valence-electron chi connectivity index (χ2n) is 3.80. The number of amides is 1. The van der Waals surface area contributed by atoms with Gasteiger partial charge in [-0.2, -0.15) is 5.10 Å². The van der Waals surface area contributed by atoms with Crippen LogP contribution in [0, 0.1) is 6.92 Å². The summed E-state index contributed by atoms with van der Waals surface area (Å²) in [6.07, 6.45) is 0. The topological polar surface area (TPSA) is 90.8 Å². The van der Waals surface area contributed by atoms with E-state index >= 15 is 0 Å². The molecule has 0 aliphatic rings. The van der Waals surface area contributed by atoms with Gasteiger partial charge in [0.1, 0.15) is 12.1 Å². The van der Waals surface area contributed by atoms with Gasteiger partial charge in [0.25, 0.3) is 0 Å². The monoisotopic (exact) mass is 236 g/mol. The number of hydrogen-bond acceptors (Lipinski definition) is 4. The minimum Gasteiger partial charge on any atom is -0.369 e. The van der Waals surface area contributed by atoms with Crippen molar-refractivity contribution in [3.63, 3.8) is 0 Å². The van der Waals surface area contributed by atoms with E-state index in [2.05, 4.69) is 15.4 Å². The molecule has 0 bridgehead atoms. The van der Waals surface area contributed by atoms with Gasteiger partial charge in [-0.3, -0.25) is 9.36 Å². The smallest absolute Gasteiger partial charge is 0.239 e. The minimum absolute atomic E-state index is 0.113. The quantitative estimate of drug-likeness (QED) is 0.778. The highest BCUT2D eigenvalue weighted by Crippen LogP contribution is 2.20. The third-order valence-electron chi connectivity index (χ3n) is 2.71. The van der Waals surface area contributed by atoms with Crippen LogP contribution >= 0.6 is 0 Å². The first kappa shape index (κ1) is 11.4. The molecule has 0 aliphatic carbocycles. The first-order valence-electron chi connectivity index (χ1n) is 5.48. The number of nitrogens with two attached hydrogens (primary N) is 1. The van der Waals surface area contributed by atoms with Crippen molar-refractivity contribution in [3.8, 4) is 0 Å². The molecule has 2 heterocycles.